The average molecular weight is 629 g/mol. The lowest BCUT2D eigenvalue weighted by molar-refractivity contribution is -0.143. The molecule has 1 unspecified atom stereocenters. The number of carbonyl (C=O) groups excluding carboxylic acids is 2. The molecule has 3 aliphatic rings. The third-order valence-corrected chi connectivity index (χ3v) is 7.93. The molecule has 2 heterocycles. The lowest BCUT2D eigenvalue weighted by Crippen LogP contribution is -2.57. The van der Waals surface area contributed by atoms with E-state index in [1.807, 2.05) is 24.3 Å². The number of hydrogen-bond donors (Lipinski definition) is 3. The Morgan fingerprint density at radius 1 is 1.19 bits per heavy atom. The molecule has 0 spiro atoms. The second-order valence-corrected chi connectivity index (χ2v) is 10.7. The van der Waals surface area contributed by atoms with Crippen molar-refractivity contribution in [1.82, 2.24) is 15.1 Å². The zero-order valence-corrected chi connectivity index (χ0v) is 23.0. The summed E-state index contributed by atoms with van der Waals surface area (Å²) in [5.41, 5.74) is 0.423. The van der Waals surface area contributed by atoms with Crippen LogP contribution in [0.25, 0.3) is 0 Å². The SMILES string of the molecule is O=C(NCCO)C1=C[C@H](Oc2ccccc2I)[C@@H](O)[C@H](N(CCN2CCOCC2)C(=O)C2CCOC2)C1. The highest BCUT2D eigenvalue weighted by Gasteiger charge is 2.42. The van der Waals surface area contributed by atoms with Crippen LogP contribution in [0.4, 0.5) is 0 Å². The summed E-state index contributed by atoms with van der Waals surface area (Å²) in [7, 11) is 0. The highest BCUT2D eigenvalue weighted by molar-refractivity contribution is 14.1. The van der Waals surface area contributed by atoms with E-state index in [0.29, 0.717) is 57.3 Å². The number of carbonyl (C=O) groups is 2. The van der Waals surface area contributed by atoms with Crippen LogP contribution in [-0.2, 0) is 19.1 Å². The van der Waals surface area contributed by atoms with Crippen molar-refractivity contribution >= 4 is 34.4 Å². The van der Waals surface area contributed by atoms with Crippen LogP contribution in [0.15, 0.2) is 35.9 Å². The Hall–Kier alpha value is -1.77. The zero-order valence-electron chi connectivity index (χ0n) is 20.9. The molecule has 0 bridgehead atoms. The second-order valence-electron chi connectivity index (χ2n) is 9.49. The fourth-order valence-corrected chi connectivity index (χ4v) is 5.46. The monoisotopic (exact) mass is 629 g/mol. The number of rotatable bonds is 10. The van der Waals surface area contributed by atoms with Gasteiger partial charge >= 0.3 is 0 Å². The molecule has 0 aromatic heterocycles. The van der Waals surface area contributed by atoms with Crippen molar-refractivity contribution in [3.63, 3.8) is 0 Å². The van der Waals surface area contributed by atoms with Gasteiger partial charge in [0.05, 0.1) is 42.0 Å². The minimum atomic E-state index is -1.04. The summed E-state index contributed by atoms with van der Waals surface area (Å²) in [4.78, 5) is 30.7. The van der Waals surface area contributed by atoms with Crippen LogP contribution in [0.1, 0.15) is 12.8 Å². The summed E-state index contributed by atoms with van der Waals surface area (Å²) >= 11 is 2.16. The molecule has 3 N–H and O–H groups in total. The number of morpholine rings is 1. The number of hydrogen-bond acceptors (Lipinski definition) is 8. The van der Waals surface area contributed by atoms with Crippen molar-refractivity contribution in [2.75, 3.05) is 65.8 Å². The van der Waals surface area contributed by atoms with Gasteiger partial charge in [-0.3, -0.25) is 14.5 Å². The van der Waals surface area contributed by atoms with Gasteiger partial charge in [-0.1, -0.05) is 12.1 Å². The molecule has 37 heavy (non-hydrogen) atoms. The number of nitrogens with zero attached hydrogens (tertiary/aromatic N) is 2. The molecule has 0 saturated carbocycles. The Morgan fingerprint density at radius 3 is 2.68 bits per heavy atom. The summed E-state index contributed by atoms with van der Waals surface area (Å²) in [6, 6.07) is 6.81. The van der Waals surface area contributed by atoms with Crippen LogP contribution in [0.3, 0.4) is 0 Å². The average Bonchev–Trinajstić information content (AvgIpc) is 3.46. The molecule has 2 aliphatic heterocycles. The molecule has 1 aromatic carbocycles. The molecule has 204 valence electrons. The molecule has 4 rings (SSSR count). The van der Waals surface area contributed by atoms with Crippen molar-refractivity contribution in [3.8, 4) is 5.75 Å². The summed E-state index contributed by atoms with van der Waals surface area (Å²) in [5.74, 6) is -0.0922. The lowest BCUT2D eigenvalue weighted by Gasteiger charge is -2.42. The van der Waals surface area contributed by atoms with Gasteiger partial charge in [-0.2, -0.15) is 0 Å². The van der Waals surface area contributed by atoms with Gasteiger partial charge in [0, 0.05) is 51.3 Å². The number of ether oxygens (including phenoxy) is 3. The minimum absolute atomic E-state index is 0.0696. The number of aliphatic hydroxyl groups is 2. The van der Waals surface area contributed by atoms with E-state index < -0.39 is 18.2 Å². The maximum atomic E-state index is 13.7. The minimum Gasteiger partial charge on any atom is -0.482 e. The number of para-hydroxylation sites is 1. The van der Waals surface area contributed by atoms with Crippen LogP contribution in [0.5, 0.6) is 5.75 Å². The van der Waals surface area contributed by atoms with Gasteiger partial charge in [-0.15, -0.1) is 0 Å². The van der Waals surface area contributed by atoms with Crippen molar-refractivity contribution in [2.45, 2.75) is 31.1 Å². The highest BCUT2D eigenvalue weighted by Crippen LogP contribution is 2.31. The Kier molecular flexibility index (Phi) is 10.6. The molecule has 2 fully saturated rings. The number of nitrogens with one attached hydrogen (secondary N) is 1. The van der Waals surface area contributed by atoms with Crippen molar-refractivity contribution in [2.24, 2.45) is 5.92 Å². The van der Waals surface area contributed by atoms with E-state index in [1.165, 1.54) is 0 Å². The quantitative estimate of drug-likeness (QED) is 0.319. The number of amides is 2. The van der Waals surface area contributed by atoms with E-state index in [1.54, 1.807) is 11.0 Å². The zero-order chi connectivity index (χ0) is 26.2. The first kappa shape index (κ1) is 28.2. The molecule has 11 heteroatoms. The number of aliphatic hydroxyl groups excluding tert-OH is 2. The standard InChI is InChI=1S/C26H36IN3O7/c27-20-3-1-2-4-22(20)37-23-16-19(25(33)28-6-11-31)15-21(24(23)32)30(26(34)18-5-12-36-17-18)8-7-29-9-13-35-14-10-29/h1-4,16,18,21,23-24,31-32H,5-15,17H2,(H,28,33)/t18?,21-,23+,24+/m1/s1. The normalized spacial score (nSPS) is 26.4. The summed E-state index contributed by atoms with van der Waals surface area (Å²) in [5, 5.41) is 23.4. The molecule has 10 nitrogen and oxygen atoms in total. The van der Waals surface area contributed by atoms with Crippen LogP contribution < -0.4 is 10.1 Å². The predicted molar refractivity (Wildman–Crippen MR) is 144 cm³/mol. The maximum Gasteiger partial charge on any atom is 0.247 e. The maximum absolute atomic E-state index is 13.7. The van der Waals surface area contributed by atoms with E-state index >= 15 is 0 Å². The Balaban J connectivity index is 1.60. The van der Waals surface area contributed by atoms with E-state index in [-0.39, 0.29) is 37.3 Å². The molecule has 1 aliphatic carbocycles. The number of halogens is 1. The second kappa shape index (κ2) is 13.9. The van der Waals surface area contributed by atoms with Crippen molar-refractivity contribution in [1.29, 1.82) is 0 Å². The largest absolute Gasteiger partial charge is 0.482 e. The van der Waals surface area contributed by atoms with E-state index in [9.17, 15) is 19.8 Å². The van der Waals surface area contributed by atoms with E-state index in [4.69, 9.17) is 14.2 Å². The van der Waals surface area contributed by atoms with Gasteiger partial charge in [0.25, 0.3) is 0 Å². The van der Waals surface area contributed by atoms with Gasteiger partial charge in [0.1, 0.15) is 18.0 Å². The van der Waals surface area contributed by atoms with Crippen LogP contribution >= 0.6 is 22.6 Å². The van der Waals surface area contributed by atoms with E-state index in [2.05, 4.69) is 32.8 Å². The molecular weight excluding hydrogens is 593 g/mol. The van der Waals surface area contributed by atoms with Gasteiger partial charge in [0.15, 0.2) is 0 Å². The van der Waals surface area contributed by atoms with Gasteiger partial charge in [0.2, 0.25) is 11.8 Å². The third kappa shape index (κ3) is 7.42. The summed E-state index contributed by atoms with van der Waals surface area (Å²) in [6.45, 7) is 4.76. The fraction of sp³-hybridized carbons (Fsp3) is 0.615. The van der Waals surface area contributed by atoms with Crippen molar-refractivity contribution < 1.29 is 34.0 Å². The van der Waals surface area contributed by atoms with Gasteiger partial charge < -0.3 is 34.6 Å². The molecular formula is C26H36IN3O7. The molecule has 2 saturated heterocycles. The smallest absolute Gasteiger partial charge is 0.247 e. The summed E-state index contributed by atoms with van der Waals surface area (Å²) in [6.07, 6.45) is 0.592. The lowest BCUT2D eigenvalue weighted by atomic mass is 9.87. The first-order chi connectivity index (χ1) is 18.0. The number of benzene rings is 1. The van der Waals surface area contributed by atoms with Crippen molar-refractivity contribution in [3.05, 3.63) is 39.5 Å². The molecule has 0 radical (unpaired) electrons. The Bertz CT molecular complexity index is 950. The first-order valence-electron chi connectivity index (χ1n) is 12.8. The highest BCUT2D eigenvalue weighted by atomic mass is 127. The fourth-order valence-electron chi connectivity index (χ4n) is 4.94. The van der Waals surface area contributed by atoms with Gasteiger partial charge in [-0.25, -0.2) is 0 Å². The molecule has 2 amide bonds. The summed E-state index contributed by atoms with van der Waals surface area (Å²) < 4.78 is 18.0. The van der Waals surface area contributed by atoms with Gasteiger partial charge in [-0.05, 0) is 47.2 Å². The molecule has 1 aromatic rings. The first-order valence-corrected chi connectivity index (χ1v) is 13.9. The third-order valence-electron chi connectivity index (χ3n) is 7.04. The Morgan fingerprint density at radius 2 is 1.97 bits per heavy atom. The van der Waals surface area contributed by atoms with Crippen LogP contribution in [0, 0.1) is 9.49 Å². The van der Waals surface area contributed by atoms with Crippen LogP contribution in [-0.4, -0.2) is 116 Å². The van der Waals surface area contributed by atoms with Crippen LogP contribution in [0.2, 0.25) is 0 Å². The molecule has 4 atom stereocenters. The Labute approximate surface area is 231 Å². The van der Waals surface area contributed by atoms with E-state index in [0.717, 1.165) is 16.7 Å². The predicted octanol–water partition coefficient (Wildman–Crippen LogP) is 0.404. The topological polar surface area (TPSA) is 121 Å².